The maximum atomic E-state index is 13.0. The SMILES string of the molecule is Cc1ccc(C(C2=C(O)C(=O)C(CC3(CC4=CCOC4=O)CC3)OC2=O)C2CC2)s1. The molecule has 30 heavy (non-hydrogen) atoms. The van der Waals surface area contributed by atoms with Crippen LogP contribution in [-0.2, 0) is 23.9 Å². The van der Waals surface area contributed by atoms with Crippen molar-refractivity contribution in [2.75, 3.05) is 6.61 Å². The van der Waals surface area contributed by atoms with Crippen LogP contribution in [0.25, 0.3) is 0 Å². The second-order valence-electron chi connectivity index (χ2n) is 8.99. The van der Waals surface area contributed by atoms with E-state index in [2.05, 4.69) is 0 Å². The smallest absolute Gasteiger partial charge is 0.339 e. The van der Waals surface area contributed by atoms with Crippen molar-refractivity contribution in [3.63, 3.8) is 0 Å². The number of hydrogen-bond acceptors (Lipinski definition) is 7. The molecular formula is C23H24O6S. The third kappa shape index (κ3) is 3.49. The molecule has 2 fully saturated rings. The molecule has 0 aromatic carbocycles. The lowest BCUT2D eigenvalue weighted by molar-refractivity contribution is -0.156. The van der Waals surface area contributed by atoms with Gasteiger partial charge in [-0.05, 0) is 75.0 Å². The maximum absolute atomic E-state index is 13.0. The van der Waals surface area contributed by atoms with Crippen molar-refractivity contribution >= 4 is 29.1 Å². The molecule has 0 spiro atoms. The molecule has 7 heteroatoms. The number of ether oxygens (including phenoxy) is 2. The third-order valence-electron chi connectivity index (χ3n) is 6.67. The first kappa shape index (κ1) is 19.5. The summed E-state index contributed by atoms with van der Waals surface area (Å²) in [6, 6.07) is 3.96. The number of aryl methyl sites for hydroxylation is 1. The molecule has 1 aromatic rings. The highest BCUT2D eigenvalue weighted by Crippen LogP contribution is 2.56. The first-order valence-electron chi connectivity index (χ1n) is 10.5. The Balaban J connectivity index is 1.37. The number of carbonyl (C=O) groups is 3. The summed E-state index contributed by atoms with van der Waals surface area (Å²) in [7, 11) is 0. The number of ketones is 1. The molecule has 0 amide bonds. The fraction of sp³-hybridized carbons (Fsp3) is 0.522. The zero-order valence-corrected chi connectivity index (χ0v) is 17.6. The van der Waals surface area contributed by atoms with Crippen LogP contribution in [0.1, 0.15) is 54.2 Å². The molecule has 158 valence electrons. The molecule has 4 aliphatic rings. The van der Waals surface area contributed by atoms with Gasteiger partial charge in [0, 0.05) is 21.2 Å². The van der Waals surface area contributed by atoms with E-state index in [1.54, 1.807) is 17.4 Å². The molecular weight excluding hydrogens is 404 g/mol. The Labute approximate surface area is 178 Å². The highest BCUT2D eigenvalue weighted by atomic mass is 32.1. The summed E-state index contributed by atoms with van der Waals surface area (Å²) in [5.74, 6) is -1.87. The van der Waals surface area contributed by atoms with Crippen molar-refractivity contribution in [2.45, 2.75) is 57.5 Å². The summed E-state index contributed by atoms with van der Waals surface area (Å²) in [4.78, 5) is 39.8. The second-order valence-corrected chi connectivity index (χ2v) is 10.3. The predicted octanol–water partition coefficient (Wildman–Crippen LogP) is 3.90. The van der Waals surface area contributed by atoms with E-state index in [0.717, 1.165) is 35.4 Å². The highest BCUT2D eigenvalue weighted by molar-refractivity contribution is 7.12. The van der Waals surface area contributed by atoms with Crippen LogP contribution in [0.15, 0.2) is 35.1 Å². The number of rotatable bonds is 7. The lowest BCUT2D eigenvalue weighted by Crippen LogP contribution is -2.39. The van der Waals surface area contributed by atoms with Gasteiger partial charge < -0.3 is 14.6 Å². The molecule has 1 aromatic heterocycles. The second kappa shape index (κ2) is 7.08. The van der Waals surface area contributed by atoms with Gasteiger partial charge in [0.2, 0.25) is 5.78 Å². The molecule has 2 aliphatic heterocycles. The molecule has 2 saturated carbocycles. The van der Waals surface area contributed by atoms with Gasteiger partial charge in [-0.1, -0.05) is 0 Å². The van der Waals surface area contributed by atoms with Gasteiger partial charge in [0.1, 0.15) is 6.61 Å². The number of Topliss-reactive ketones (excluding diaryl/α,β-unsaturated/α-hetero) is 1. The van der Waals surface area contributed by atoms with Gasteiger partial charge in [-0.15, -0.1) is 11.3 Å². The number of carbonyl (C=O) groups excluding carboxylic acids is 3. The van der Waals surface area contributed by atoms with E-state index < -0.39 is 23.6 Å². The lowest BCUT2D eigenvalue weighted by atomic mass is 9.84. The number of aliphatic hydroxyl groups is 1. The van der Waals surface area contributed by atoms with Crippen LogP contribution in [0.2, 0.25) is 0 Å². The van der Waals surface area contributed by atoms with E-state index >= 15 is 0 Å². The molecule has 5 rings (SSSR count). The van der Waals surface area contributed by atoms with Crippen molar-refractivity contribution in [3.8, 4) is 0 Å². The van der Waals surface area contributed by atoms with Gasteiger partial charge in [0.05, 0.1) is 5.57 Å². The Hall–Kier alpha value is -2.41. The van der Waals surface area contributed by atoms with Gasteiger partial charge in [0.25, 0.3) is 0 Å². The van der Waals surface area contributed by atoms with Crippen LogP contribution in [0.3, 0.4) is 0 Å². The first-order valence-corrected chi connectivity index (χ1v) is 11.3. The first-order chi connectivity index (χ1) is 14.4. The van der Waals surface area contributed by atoms with Gasteiger partial charge >= 0.3 is 11.9 Å². The Morgan fingerprint density at radius 1 is 1.20 bits per heavy atom. The minimum atomic E-state index is -0.994. The van der Waals surface area contributed by atoms with Crippen LogP contribution in [0.5, 0.6) is 0 Å². The summed E-state index contributed by atoms with van der Waals surface area (Å²) in [5.41, 5.74) is 0.505. The average Bonchev–Trinajstić information content (AvgIpc) is 3.60. The van der Waals surface area contributed by atoms with Crippen LogP contribution in [-0.4, -0.2) is 35.5 Å². The number of thiophene rings is 1. The molecule has 0 bridgehead atoms. The molecule has 6 nitrogen and oxygen atoms in total. The Kier molecular flexibility index (Phi) is 4.61. The van der Waals surface area contributed by atoms with E-state index in [1.165, 1.54) is 0 Å². The number of hydrogen-bond donors (Lipinski definition) is 1. The monoisotopic (exact) mass is 428 g/mol. The molecule has 2 unspecified atom stereocenters. The van der Waals surface area contributed by atoms with Gasteiger partial charge in [-0.3, -0.25) is 4.79 Å². The Morgan fingerprint density at radius 2 is 1.97 bits per heavy atom. The van der Waals surface area contributed by atoms with Crippen molar-refractivity contribution in [1.29, 1.82) is 0 Å². The lowest BCUT2D eigenvalue weighted by Gasteiger charge is -2.29. The van der Waals surface area contributed by atoms with Gasteiger partial charge in [-0.2, -0.15) is 0 Å². The minimum Gasteiger partial charge on any atom is -0.504 e. The van der Waals surface area contributed by atoms with Crippen LogP contribution in [0, 0.1) is 18.3 Å². The average molecular weight is 429 g/mol. The molecule has 2 aliphatic carbocycles. The van der Waals surface area contributed by atoms with E-state index in [-0.39, 0.29) is 28.8 Å². The summed E-state index contributed by atoms with van der Waals surface area (Å²) >= 11 is 1.59. The Bertz CT molecular complexity index is 991. The molecule has 0 radical (unpaired) electrons. The van der Waals surface area contributed by atoms with E-state index in [1.807, 2.05) is 19.1 Å². The van der Waals surface area contributed by atoms with E-state index in [9.17, 15) is 19.5 Å². The maximum Gasteiger partial charge on any atom is 0.339 e. The summed E-state index contributed by atoms with van der Waals surface area (Å²) in [6.07, 6.45) is 5.28. The molecule has 1 N–H and O–H groups in total. The van der Waals surface area contributed by atoms with E-state index in [4.69, 9.17) is 9.47 Å². The van der Waals surface area contributed by atoms with Crippen molar-refractivity contribution in [1.82, 2.24) is 0 Å². The molecule has 3 heterocycles. The van der Waals surface area contributed by atoms with Crippen molar-refractivity contribution in [3.05, 3.63) is 44.9 Å². The number of cyclic esters (lactones) is 2. The van der Waals surface area contributed by atoms with Crippen LogP contribution < -0.4 is 0 Å². The summed E-state index contributed by atoms with van der Waals surface area (Å²) in [5, 5.41) is 10.8. The third-order valence-corrected chi connectivity index (χ3v) is 7.75. The largest absolute Gasteiger partial charge is 0.504 e. The fourth-order valence-electron chi connectivity index (χ4n) is 4.66. The standard InChI is InChI=1S/C23H24O6S/c1-12-2-5-16(30-12)17(13-3-4-13)18-20(25)19(24)15(29-22(18)27)11-23(7-8-23)10-14-6-9-28-21(14)26/h2,5-6,13,15,17,25H,3-4,7-11H2,1H3. The van der Waals surface area contributed by atoms with Crippen molar-refractivity contribution in [2.24, 2.45) is 11.3 Å². The molecule has 0 saturated heterocycles. The van der Waals surface area contributed by atoms with Crippen LogP contribution in [0.4, 0.5) is 0 Å². The number of aliphatic hydroxyl groups excluding tert-OH is 1. The van der Waals surface area contributed by atoms with Crippen molar-refractivity contribution < 1.29 is 29.0 Å². The summed E-state index contributed by atoms with van der Waals surface area (Å²) in [6.45, 7) is 2.29. The zero-order valence-electron chi connectivity index (χ0n) is 16.8. The minimum absolute atomic E-state index is 0.118. The topological polar surface area (TPSA) is 89.9 Å². The summed E-state index contributed by atoms with van der Waals surface area (Å²) < 4.78 is 10.6. The predicted molar refractivity (Wildman–Crippen MR) is 109 cm³/mol. The quantitative estimate of drug-likeness (QED) is 0.663. The van der Waals surface area contributed by atoms with E-state index in [0.29, 0.717) is 25.0 Å². The van der Waals surface area contributed by atoms with Gasteiger partial charge in [0.15, 0.2) is 11.9 Å². The number of esters is 2. The zero-order chi connectivity index (χ0) is 21.0. The Morgan fingerprint density at radius 3 is 2.53 bits per heavy atom. The van der Waals surface area contributed by atoms with Crippen LogP contribution >= 0.6 is 11.3 Å². The van der Waals surface area contributed by atoms with Gasteiger partial charge in [-0.25, -0.2) is 9.59 Å². The molecule has 2 atom stereocenters. The highest BCUT2D eigenvalue weighted by Gasteiger charge is 2.51. The fourth-order valence-corrected chi connectivity index (χ4v) is 5.74. The normalized spacial score (nSPS) is 26.4.